The standard InChI is InChI=1S/C14H20O8S/c1-8-3-5-9(6-4-8)23(18,19)21-7-10-11(15)12(16)13(17)14(20-2)22-10/h3-6,10-17H,7H2,1-2H3/t10-,11+,12+,13+,14-/m1/s1. The Balaban J connectivity index is 2.05. The first-order valence-electron chi connectivity index (χ1n) is 6.95. The fraction of sp³-hybridized carbons (Fsp3) is 0.571. The Bertz CT molecular complexity index is 612. The third-order valence-electron chi connectivity index (χ3n) is 3.60. The number of aliphatic hydroxyl groups is 3. The quantitative estimate of drug-likeness (QED) is 0.589. The van der Waals surface area contributed by atoms with E-state index in [0.29, 0.717) is 0 Å². The maximum absolute atomic E-state index is 12.1. The number of aliphatic hydroxyl groups excluding tert-OH is 3. The molecule has 8 nitrogen and oxygen atoms in total. The summed E-state index contributed by atoms with van der Waals surface area (Å²) < 4.78 is 39.1. The van der Waals surface area contributed by atoms with Crippen LogP contribution in [-0.4, -0.2) is 68.2 Å². The number of aryl methyl sites for hydroxylation is 1. The molecular formula is C14H20O8S. The summed E-state index contributed by atoms with van der Waals surface area (Å²) in [6.07, 6.45) is -6.85. The van der Waals surface area contributed by atoms with Crippen molar-refractivity contribution in [1.29, 1.82) is 0 Å². The zero-order valence-electron chi connectivity index (χ0n) is 12.7. The molecule has 1 aliphatic heterocycles. The van der Waals surface area contributed by atoms with Crippen molar-refractivity contribution in [3.05, 3.63) is 29.8 Å². The second kappa shape index (κ2) is 7.22. The Kier molecular flexibility index (Phi) is 5.74. The lowest BCUT2D eigenvalue weighted by Crippen LogP contribution is -2.59. The molecule has 0 aliphatic carbocycles. The number of rotatable bonds is 5. The second-order valence-electron chi connectivity index (χ2n) is 5.30. The Morgan fingerprint density at radius 2 is 1.70 bits per heavy atom. The zero-order chi connectivity index (χ0) is 17.2. The van der Waals surface area contributed by atoms with Gasteiger partial charge in [-0.3, -0.25) is 4.18 Å². The van der Waals surface area contributed by atoms with Crippen molar-refractivity contribution in [2.45, 2.75) is 42.5 Å². The summed E-state index contributed by atoms with van der Waals surface area (Å²) in [5, 5.41) is 29.2. The van der Waals surface area contributed by atoms with Gasteiger partial charge in [-0.25, -0.2) is 0 Å². The molecule has 0 radical (unpaired) electrons. The van der Waals surface area contributed by atoms with E-state index in [1.54, 1.807) is 12.1 Å². The molecular weight excluding hydrogens is 328 g/mol. The summed E-state index contributed by atoms with van der Waals surface area (Å²) in [5.74, 6) is 0. The van der Waals surface area contributed by atoms with Crippen LogP contribution in [0.15, 0.2) is 29.2 Å². The van der Waals surface area contributed by atoms with Crippen LogP contribution in [0.5, 0.6) is 0 Å². The van der Waals surface area contributed by atoms with Crippen LogP contribution in [0, 0.1) is 6.92 Å². The molecule has 0 amide bonds. The highest BCUT2D eigenvalue weighted by atomic mass is 32.2. The van der Waals surface area contributed by atoms with Crippen molar-refractivity contribution < 1.29 is 37.4 Å². The van der Waals surface area contributed by atoms with E-state index in [9.17, 15) is 23.7 Å². The Labute approximate surface area is 134 Å². The molecule has 5 atom stereocenters. The van der Waals surface area contributed by atoms with Gasteiger partial charge in [0, 0.05) is 7.11 Å². The number of hydrogen-bond acceptors (Lipinski definition) is 8. The van der Waals surface area contributed by atoms with E-state index >= 15 is 0 Å². The van der Waals surface area contributed by atoms with E-state index in [4.69, 9.17) is 13.7 Å². The van der Waals surface area contributed by atoms with Crippen molar-refractivity contribution in [2.75, 3.05) is 13.7 Å². The Morgan fingerprint density at radius 1 is 1.09 bits per heavy atom. The lowest BCUT2D eigenvalue weighted by molar-refractivity contribution is -0.293. The molecule has 3 N–H and O–H groups in total. The van der Waals surface area contributed by atoms with Crippen molar-refractivity contribution in [3.8, 4) is 0 Å². The van der Waals surface area contributed by atoms with E-state index in [1.165, 1.54) is 19.2 Å². The van der Waals surface area contributed by atoms with Gasteiger partial charge in [-0.05, 0) is 19.1 Å². The van der Waals surface area contributed by atoms with Gasteiger partial charge < -0.3 is 24.8 Å². The summed E-state index contributed by atoms with van der Waals surface area (Å²) in [6, 6.07) is 6.06. The van der Waals surface area contributed by atoms with Crippen LogP contribution in [0.1, 0.15) is 5.56 Å². The van der Waals surface area contributed by atoms with Gasteiger partial charge in [-0.2, -0.15) is 8.42 Å². The van der Waals surface area contributed by atoms with Gasteiger partial charge in [-0.15, -0.1) is 0 Å². The highest BCUT2D eigenvalue weighted by Gasteiger charge is 2.44. The third kappa shape index (κ3) is 4.07. The molecule has 0 aromatic heterocycles. The minimum Gasteiger partial charge on any atom is -0.387 e. The van der Waals surface area contributed by atoms with Crippen LogP contribution < -0.4 is 0 Å². The number of methoxy groups -OCH3 is 1. The minimum atomic E-state index is -4.03. The lowest BCUT2D eigenvalue weighted by atomic mass is 9.99. The van der Waals surface area contributed by atoms with Gasteiger partial charge in [0.05, 0.1) is 11.5 Å². The van der Waals surface area contributed by atoms with Gasteiger partial charge in [0.15, 0.2) is 6.29 Å². The molecule has 1 fully saturated rings. The minimum absolute atomic E-state index is 0.0303. The Hall–Kier alpha value is -1.07. The molecule has 23 heavy (non-hydrogen) atoms. The molecule has 0 saturated carbocycles. The van der Waals surface area contributed by atoms with Crippen LogP contribution in [0.3, 0.4) is 0 Å². The molecule has 1 aromatic rings. The van der Waals surface area contributed by atoms with Crippen molar-refractivity contribution in [3.63, 3.8) is 0 Å². The fourth-order valence-electron chi connectivity index (χ4n) is 2.18. The number of ether oxygens (including phenoxy) is 2. The summed E-state index contributed by atoms with van der Waals surface area (Å²) in [7, 11) is -2.78. The maximum Gasteiger partial charge on any atom is 0.297 e. The van der Waals surface area contributed by atoms with E-state index in [2.05, 4.69) is 0 Å². The molecule has 0 bridgehead atoms. The highest BCUT2D eigenvalue weighted by molar-refractivity contribution is 7.86. The average molecular weight is 348 g/mol. The van der Waals surface area contributed by atoms with Gasteiger partial charge in [0.25, 0.3) is 10.1 Å². The van der Waals surface area contributed by atoms with Gasteiger partial charge >= 0.3 is 0 Å². The molecule has 1 aliphatic rings. The largest absolute Gasteiger partial charge is 0.387 e. The topological polar surface area (TPSA) is 123 Å². The van der Waals surface area contributed by atoms with E-state index in [1.807, 2.05) is 6.92 Å². The van der Waals surface area contributed by atoms with Crippen molar-refractivity contribution >= 4 is 10.1 Å². The molecule has 9 heteroatoms. The van der Waals surface area contributed by atoms with E-state index in [0.717, 1.165) is 5.56 Å². The van der Waals surface area contributed by atoms with Crippen LogP contribution in [0.25, 0.3) is 0 Å². The fourth-order valence-corrected chi connectivity index (χ4v) is 3.10. The normalized spacial score (nSPS) is 32.0. The molecule has 1 heterocycles. The third-order valence-corrected chi connectivity index (χ3v) is 4.89. The first-order chi connectivity index (χ1) is 10.8. The molecule has 0 unspecified atom stereocenters. The summed E-state index contributed by atoms with van der Waals surface area (Å²) in [6.45, 7) is 1.29. The van der Waals surface area contributed by atoms with Crippen LogP contribution >= 0.6 is 0 Å². The van der Waals surface area contributed by atoms with Gasteiger partial charge in [0.2, 0.25) is 0 Å². The predicted octanol–water partition coefficient (Wildman–Crippen LogP) is -0.846. The smallest absolute Gasteiger partial charge is 0.297 e. The first kappa shape index (κ1) is 18.3. The Morgan fingerprint density at radius 3 is 2.26 bits per heavy atom. The van der Waals surface area contributed by atoms with Gasteiger partial charge in [0.1, 0.15) is 24.4 Å². The second-order valence-corrected chi connectivity index (χ2v) is 6.92. The van der Waals surface area contributed by atoms with Crippen LogP contribution in [0.2, 0.25) is 0 Å². The lowest BCUT2D eigenvalue weighted by Gasteiger charge is -2.39. The first-order valence-corrected chi connectivity index (χ1v) is 8.35. The average Bonchev–Trinajstić information content (AvgIpc) is 2.52. The van der Waals surface area contributed by atoms with E-state index in [-0.39, 0.29) is 4.90 Å². The molecule has 2 rings (SSSR count). The SMILES string of the molecule is CO[C@@H]1O[C@H](COS(=O)(=O)c2ccc(C)cc2)[C@H](O)[C@H](O)[C@@H]1O. The molecule has 1 aromatic carbocycles. The maximum atomic E-state index is 12.1. The molecule has 130 valence electrons. The summed E-state index contributed by atoms with van der Waals surface area (Å²) in [4.78, 5) is -0.0303. The van der Waals surface area contributed by atoms with Crippen LogP contribution in [0.4, 0.5) is 0 Å². The van der Waals surface area contributed by atoms with Crippen molar-refractivity contribution in [1.82, 2.24) is 0 Å². The number of hydrogen-bond donors (Lipinski definition) is 3. The monoisotopic (exact) mass is 348 g/mol. The van der Waals surface area contributed by atoms with Crippen LogP contribution in [-0.2, 0) is 23.8 Å². The van der Waals surface area contributed by atoms with Crippen molar-refractivity contribution in [2.24, 2.45) is 0 Å². The number of benzene rings is 1. The summed E-state index contributed by atoms with van der Waals surface area (Å²) in [5.41, 5.74) is 0.898. The summed E-state index contributed by atoms with van der Waals surface area (Å²) >= 11 is 0. The predicted molar refractivity (Wildman–Crippen MR) is 78.0 cm³/mol. The van der Waals surface area contributed by atoms with E-state index < -0.39 is 47.4 Å². The molecule has 1 saturated heterocycles. The zero-order valence-corrected chi connectivity index (χ0v) is 13.5. The van der Waals surface area contributed by atoms with Gasteiger partial charge in [-0.1, -0.05) is 17.7 Å². The molecule has 0 spiro atoms. The highest BCUT2D eigenvalue weighted by Crippen LogP contribution is 2.23.